The first-order chi connectivity index (χ1) is 25.7. The minimum Gasteiger partial charge on any atom is -0.410 e. The quantitative estimate of drug-likeness (QED) is 0.213. The molecular weight excluding hydrogens is 736 g/mol. The lowest BCUT2D eigenvalue weighted by atomic mass is 9.52. The number of rotatable bonds is 12. The molecule has 6 nitrogen and oxygen atoms in total. The van der Waals surface area contributed by atoms with Crippen molar-refractivity contribution in [3.05, 3.63) is 29.3 Å². The van der Waals surface area contributed by atoms with Crippen molar-refractivity contribution >= 4 is 16.9 Å². The summed E-state index contributed by atoms with van der Waals surface area (Å²) in [5, 5.41) is 11.2. The molecule has 2 saturated carbocycles. The molecule has 55 heavy (non-hydrogen) atoms. The van der Waals surface area contributed by atoms with Crippen molar-refractivity contribution < 1.29 is 40.8 Å². The van der Waals surface area contributed by atoms with E-state index < -0.39 is 40.5 Å². The molecule has 2 aliphatic heterocycles. The molecule has 0 spiro atoms. The maximum Gasteiger partial charge on any atom is 0.453 e. The lowest BCUT2D eigenvalue weighted by molar-refractivity contribution is -0.284. The molecule has 2 heterocycles. The number of fused-ring (bicyclic) bond motifs is 5. The molecule has 1 aromatic rings. The maximum atomic E-state index is 13.5. The van der Waals surface area contributed by atoms with Crippen molar-refractivity contribution in [2.75, 3.05) is 31.9 Å². The molecule has 312 valence electrons. The molecule has 1 unspecified atom stereocenters. The molecule has 7 atom stereocenters. The highest BCUT2D eigenvalue weighted by atomic mass is 32.2. The van der Waals surface area contributed by atoms with Crippen LogP contribution in [0.3, 0.4) is 0 Å². The number of likely N-dealkylation sites (tertiary alicyclic amines) is 2. The summed E-state index contributed by atoms with van der Waals surface area (Å²) in [4.78, 5) is 17.8. The van der Waals surface area contributed by atoms with E-state index in [4.69, 9.17) is 4.74 Å². The van der Waals surface area contributed by atoms with Crippen LogP contribution in [0.2, 0.25) is 0 Å². The number of aliphatic hydroxyl groups excluding tert-OH is 1. The third kappa shape index (κ3) is 9.42. The average Bonchev–Trinajstić information content (AvgIpc) is 3.43. The summed E-state index contributed by atoms with van der Waals surface area (Å²) >= 11 is 0. The van der Waals surface area contributed by atoms with Crippen molar-refractivity contribution in [3.63, 3.8) is 0 Å². The molecule has 1 N–H and O–H groups in total. The Morgan fingerprint density at radius 2 is 1.64 bits per heavy atom. The summed E-state index contributed by atoms with van der Waals surface area (Å²) in [5.74, 6) is -2.95. The van der Waals surface area contributed by atoms with Gasteiger partial charge in [0.1, 0.15) is 5.75 Å². The molecule has 2 saturated heterocycles. The fraction of sp³-hybridized carbons (Fsp3) is 0.837. The Morgan fingerprint density at radius 3 is 2.31 bits per heavy atom. The van der Waals surface area contributed by atoms with Crippen LogP contribution in [0.15, 0.2) is 18.2 Å². The van der Waals surface area contributed by atoms with Crippen LogP contribution in [0.4, 0.5) is 26.7 Å². The lowest BCUT2D eigenvalue weighted by Crippen LogP contribution is -2.48. The Labute approximate surface area is 328 Å². The number of ether oxygens (including phenoxy) is 1. The zero-order chi connectivity index (χ0) is 40.0. The van der Waals surface area contributed by atoms with Gasteiger partial charge in [0.2, 0.25) is 0 Å². The number of amides is 1. The topological polar surface area (TPSA) is 70.1 Å². The first kappa shape index (κ1) is 42.8. The largest absolute Gasteiger partial charge is 0.453 e. The number of hydrogen-bond acceptors (Lipinski definition) is 5. The van der Waals surface area contributed by atoms with Crippen molar-refractivity contribution in [2.24, 2.45) is 28.6 Å². The van der Waals surface area contributed by atoms with E-state index in [1.54, 1.807) is 0 Å². The summed E-state index contributed by atoms with van der Waals surface area (Å²) in [6, 6.07) is 6.76. The van der Waals surface area contributed by atoms with Crippen LogP contribution in [-0.2, 0) is 17.2 Å². The Hall–Kier alpha value is -1.79. The summed E-state index contributed by atoms with van der Waals surface area (Å²) in [5.41, 5.74) is 2.17. The Bertz CT molecular complexity index is 1520. The number of carbonyl (C=O) groups excluding carboxylic acids is 1. The zero-order valence-corrected chi connectivity index (χ0v) is 34.5. The molecular formula is C43H65F5N2O4S. The molecule has 4 fully saturated rings. The first-order valence-corrected chi connectivity index (χ1v) is 22.4. The van der Waals surface area contributed by atoms with Gasteiger partial charge in [-0.05, 0) is 168 Å². The highest BCUT2D eigenvalue weighted by Gasteiger charge is 2.58. The van der Waals surface area contributed by atoms with Crippen LogP contribution < -0.4 is 4.74 Å². The first-order valence-electron chi connectivity index (χ1n) is 21.1. The van der Waals surface area contributed by atoms with E-state index >= 15 is 0 Å². The Kier molecular flexibility index (Phi) is 12.8. The summed E-state index contributed by atoms with van der Waals surface area (Å²) < 4.78 is 83.7. The molecule has 3 aliphatic carbocycles. The smallest absolute Gasteiger partial charge is 0.410 e. The monoisotopic (exact) mass is 800 g/mol. The van der Waals surface area contributed by atoms with E-state index in [-0.39, 0.29) is 28.8 Å². The standard InChI is InChI=1S/C43H65F5N2O4S/c1-39(2,28-40(3,4)55(53)25-9-18-42(44,45)43(46,47)48)19-14-29-26-30-27-32(54-38(52)50-23-16-31(17-24-50)49-21-7-6-8-22-49)10-11-33(30)34-15-20-41(5)35(37(29)34)12-13-36(41)51/h10-11,27,29,31,34-37,51H,6-9,12-26,28H2,1-5H3/t29-,34-,35+,36+,37-,41+,55?/m1/s1. The van der Waals surface area contributed by atoms with Crippen LogP contribution in [0.5, 0.6) is 5.75 Å². The molecule has 1 aromatic carbocycles. The third-order valence-electron chi connectivity index (χ3n) is 14.6. The number of hydrogen-bond donors (Lipinski definition) is 1. The van der Waals surface area contributed by atoms with Gasteiger partial charge in [-0.25, -0.2) is 4.79 Å². The van der Waals surface area contributed by atoms with Gasteiger partial charge in [-0.2, -0.15) is 22.0 Å². The van der Waals surface area contributed by atoms with Gasteiger partial charge in [0.25, 0.3) is 0 Å². The fourth-order valence-electron chi connectivity index (χ4n) is 11.7. The van der Waals surface area contributed by atoms with Gasteiger partial charge in [-0.1, -0.05) is 33.3 Å². The number of alkyl halides is 5. The van der Waals surface area contributed by atoms with Crippen molar-refractivity contribution in [2.45, 2.75) is 166 Å². The summed E-state index contributed by atoms with van der Waals surface area (Å²) in [6.45, 7) is 13.9. The minimum atomic E-state index is -5.60. The zero-order valence-electron chi connectivity index (χ0n) is 33.7. The highest BCUT2D eigenvalue weighted by Crippen LogP contribution is 2.63. The lowest BCUT2D eigenvalue weighted by Gasteiger charge is -2.53. The van der Waals surface area contributed by atoms with Crippen LogP contribution in [0, 0.1) is 28.6 Å². The molecule has 6 rings (SSSR count). The van der Waals surface area contributed by atoms with Gasteiger partial charge >= 0.3 is 18.2 Å². The van der Waals surface area contributed by atoms with Gasteiger partial charge in [0, 0.05) is 46.9 Å². The second kappa shape index (κ2) is 16.5. The van der Waals surface area contributed by atoms with E-state index in [9.17, 15) is 36.1 Å². The predicted octanol–water partition coefficient (Wildman–Crippen LogP) is 10.3. The highest BCUT2D eigenvalue weighted by molar-refractivity contribution is 7.86. The minimum absolute atomic E-state index is 0.120. The third-order valence-corrected chi connectivity index (χ3v) is 16.6. The predicted molar refractivity (Wildman–Crippen MR) is 207 cm³/mol. The van der Waals surface area contributed by atoms with Gasteiger partial charge in [0.05, 0.1) is 6.10 Å². The summed E-state index contributed by atoms with van der Waals surface area (Å²) in [6.07, 6.45) is 4.64. The van der Waals surface area contributed by atoms with Gasteiger partial charge in [-0.3, -0.25) is 4.21 Å². The number of nitrogens with zero attached hydrogens (tertiary/aromatic N) is 2. The van der Waals surface area contributed by atoms with Crippen LogP contribution >= 0.6 is 0 Å². The number of carbonyl (C=O) groups is 1. The normalized spacial score (nSPS) is 30.4. The SMILES string of the molecule is CC(C)(CC[C@@H]1Cc2cc(OC(=O)N3CCC(N4CCCCC4)CC3)ccc2[C@H]2CC[C@]3(C)[C@@H](O)CC[C@H]3[C@H]12)CC(C)(C)S(=O)CCCC(F)(F)C(F)(F)F. The van der Waals surface area contributed by atoms with Gasteiger partial charge in [-0.15, -0.1) is 0 Å². The van der Waals surface area contributed by atoms with E-state index in [1.165, 1.54) is 30.4 Å². The molecule has 1 amide bonds. The average molecular weight is 801 g/mol. The van der Waals surface area contributed by atoms with Crippen LogP contribution in [-0.4, -0.2) is 86.1 Å². The number of piperidine rings is 2. The number of benzene rings is 1. The Balaban J connectivity index is 1.12. The molecule has 5 aliphatic rings. The molecule has 0 bridgehead atoms. The second-order valence-electron chi connectivity index (χ2n) is 19.4. The molecule has 0 radical (unpaired) electrons. The van der Waals surface area contributed by atoms with Crippen LogP contribution in [0.1, 0.15) is 142 Å². The van der Waals surface area contributed by atoms with Crippen LogP contribution in [0.25, 0.3) is 0 Å². The number of halogens is 5. The van der Waals surface area contributed by atoms with E-state index in [0.717, 1.165) is 70.9 Å². The van der Waals surface area contributed by atoms with E-state index in [1.807, 2.05) is 24.8 Å². The van der Waals surface area contributed by atoms with E-state index in [0.29, 0.717) is 55.0 Å². The van der Waals surface area contributed by atoms with Gasteiger partial charge < -0.3 is 19.6 Å². The molecule has 12 heteroatoms. The fourth-order valence-corrected chi connectivity index (χ4v) is 13.2. The van der Waals surface area contributed by atoms with Crippen molar-refractivity contribution in [1.82, 2.24) is 9.80 Å². The van der Waals surface area contributed by atoms with Crippen molar-refractivity contribution in [1.29, 1.82) is 0 Å². The summed E-state index contributed by atoms with van der Waals surface area (Å²) in [7, 11) is -1.58. The molecule has 0 aromatic heterocycles. The maximum absolute atomic E-state index is 13.5. The number of aliphatic hydroxyl groups is 1. The Morgan fingerprint density at radius 1 is 0.945 bits per heavy atom. The van der Waals surface area contributed by atoms with E-state index in [2.05, 4.69) is 37.8 Å². The second-order valence-corrected chi connectivity index (χ2v) is 21.6. The van der Waals surface area contributed by atoms with Crippen molar-refractivity contribution in [3.8, 4) is 5.75 Å². The van der Waals surface area contributed by atoms with Gasteiger partial charge in [0.15, 0.2) is 0 Å².